The van der Waals surface area contributed by atoms with Gasteiger partial charge in [0.1, 0.15) is 50.0 Å². The van der Waals surface area contributed by atoms with E-state index < -0.39 is 66.3 Å². The van der Waals surface area contributed by atoms with Crippen LogP contribution in [0.25, 0.3) is 27.2 Å². The molecule has 3 aromatic carbocycles. The Hall–Kier alpha value is -6.91. The summed E-state index contributed by atoms with van der Waals surface area (Å²) in [6.07, 6.45) is 0.512. The lowest BCUT2D eigenvalue weighted by Gasteiger charge is -2.29. The molecule has 2 fully saturated rings. The Balaban J connectivity index is 1.03. The summed E-state index contributed by atoms with van der Waals surface area (Å²) >= 11 is 0. The number of ether oxygens (including phenoxy) is 4. The minimum absolute atomic E-state index is 0.00453. The van der Waals surface area contributed by atoms with E-state index in [1.807, 2.05) is 33.8 Å². The highest BCUT2D eigenvalue weighted by atomic mass is 32.2. The number of anilines is 2. The summed E-state index contributed by atoms with van der Waals surface area (Å²) in [4.78, 5) is 56.5. The number of imidazole rings is 2. The Labute approximate surface area is 432 Å². The second-order valence-electron chi connectivity index (χ2n) is 18.0. The van der Waals surface area contributed by atoms with Crippen molar-refractivity contribution < 1.29 is 50.5 Å². The van der Waals surface area contributed by atoms with Crippen molar-refractivity contribution in [3.63, 3.8) is 0 Å². The Morgan fingerprint density at radius 3 is 1.76 bits per heavy atom. The third kappa shape index (κ3) is 13.0. The molecule has 2 amide bonds. The topological polar surface area (TPSA) is 261 Å². The molecule has 7 aromatic rings. The molecule has 0 bridgehead atoms. The second-order valence-corrected chi connectivity index (χ2v) is 21.8. The Kier molecular flexibility index (Phi) is 16.8. The molecule has 0 spiro atoms. The highest BCUT2D eigenvalue weighted by Gasteiger charge is 2.46. The van der Waals surface area contributed by atoms with E-state index in [0.717, 1.165) is 0 Å². The van der Waals surface area contributed by atoms with Gasteiger partial charge in [-0.1, -0.05) is 66.7 Å². The molecule has 2 N–H and O–H groups in total. The van der Waals surface area contributed by atoms with Crippen molar-refractivity contribution in [2.75, 3.05) is 37.0 Å². The molecule has 0 radical (unpaired) electrons. The maximum absolute atomic E-state index is 14.4. The first-order chi connectivity index (χ1) is 36.3. The van der Waals surface area contributed by atoms with E-state index in [-0.39, 0.29) is 69.0 Å². The smallest absolute Gasteiger partial charge is 0.371 e. The Bertz CT molecular complexity index is 3310. The summed E-state index contributed by atoms with van der Waals surface area (Å²) in [5.41, 5.74) is 2.62. The molecule has 1 unspecified atom stereocenters. The Morgan fingerprint density at radius 1 is 0.720 bits per heavy atom. The molecule has 9 rings (SSSR count). The van der Waals surface area contributed by atoms with E-state index in [0.29, 0.717) is 39.0 Å². The number of aromatic nitrogens is 8. The molecule has 25 heteroatoms. The van der Waals surface area contributed by atoms with Crippen molar-refractivity contribution in [3.05, 3.63) is 144 Å². The summed E-state index contributed by atoms with van der Waals surface area (Å²) in [5.74, 6) is -0.917. The highest BCUT2D eigenvalue weighted by Crippen LogP contribution is 2.58. The molecule has 0 aliphatic carbocycles. The predicted molar refractivity (Wildman–Crippen MR) is 274 cm³/mol. The first-order valence-corrected chi connectivity index (χ1v) is 27.2. The minimum atomic E-state index is -4.46. The van der Waals surface area contributed by atoms with Gasteiger partial charge in [-0.2, -0.15) is 0 Å². The van der Waals surface area contributed by atoms with Gasteiger partial charge in [0.25, 0.3) is 21.8 Å². The molecule has 23 nitrogen and oxygen atoms in total. The van der Waals surface area contributed by atoms with Gasteiger partial charge in [-0.25, -0.2) is 44.9 Å². The van der Waals surface area contributed by atoms with Crippen molar-refractivity contribution >= 4 is 63.5 Å². The fraction of sp³-hybridized carbons (Fsp3) is 0.380. The zero-order valence-electron chi connectivity index (χ0n) is 41.4. The van der Waals surface area contributed by atoms with Crippen LogP contribution in [0.3, 0.4) is 0 Å². The lowest BCUT2D eigenvalue weighted by atomic mass is 10.2. The molecule has 0 saturated carbocycles. The van der Waals surface area contributed by atoms with Gasteiger partial charge in [-0.05, 0) is 57.5 Å². The maximum Gasteiger partial charge on any atom is 0.371 e. The third-order valence-corrected chi connectivity index (χ3v) is 15.8. The van der Waals surface area contributed by atoms with Crippen LogP contribution in [-0.4, -0.2) is 122 Å². The van der Waals surface area contributed by atoms with Crippen LogP contribution in [0.5, 0.6) is 0 Å². The minimum Gasteiger partial charge on any atom is -0.376 e. The number of nitrogens with one attached hydrogen (secondary N) is 2. The fourth-order valence-electron chi connectivity index (χ4n) is 8.45. The van der Waals surface area contributed by atoms with Gasteiger partial charge in [0.05, 0.1) is 49.9 Å². The number of carbonyl (C=O) groups excluding carboxylic acids is 2. The van der Waals surface area contributed by atoms with E-state index in [1.165, 1.54) is 25.3 Å². The predicted octanol–water partition coefficient (Wildman–Crippen LogP) is 7.78. The number of sulfonamides is 1. The molecule has 392 valence electrons. The lowest BCUT2D eigenvalue weighted by Crippen LogP contribution is -2.33. The molecular formula is C50H55N12O11PS. The van der Waals surface area contributed by atoms with E-state index in [1.54, 1.807) is 94.1 Å². The van der Waals surface area contributed by atoms with E-state index in [4.69, 9.17) is 39.1 Å². The molecule has 2 aliphatic rings. The van der Waals surface area contributed by atoms with Crippen LogP contribution in [0.2, 0.25) is 0 Å². The number of carbonyl (C=O) groups is 2. The lowest BCUT2D eigenvalue weighted by molar-refractivity contribution is -0.0807. The SMILES string of the molecule is [C-]#[N+]CCOP(=NS(=O)(=O)Cc1ccccc1)(OC[C@H]1O[C@@H](n2cnc3c(NC(=O)c4ccccc4)ncnc32)C[C@H]1OC(C)C)O[C@@H]1C[C@H](n2cnc3c(NC(=O)c4ccccc4)ncnc32)O[C@@H]1COC(C)C. The van der Waals surface area contributed by atoms with Gasteiger partial charge < -0.3 is 34.4 Å². The number of benzene rings is 3. The normalized spacial score (nSPS) is 20.6. The number of hydrogen-bond acceptors (Lipinski definition) is 17. The maximum atomic E-state index is 14.4. The van der Waals surface area contributed by atoms with E-state index in [9.17, 15) is 18.0 Å². The number of nitrogens with zero attached hydrogens (tertiary/aromatic N) is 10. The second kappa shape index (κ2) is 23.7. The van der Waals surface area contributed by atoms with Crippen molar-refractivity contribution in [2.24, 2.45) is 4.15 Å². The van der Waals surface area contributed by atoms with E-state index in [2.05, 4.69) is 49.5 Å². The summed E-state index contributed by atoms with van der Waals surface area (Å²) < 4.78 is 82.2. The van der Waals surface area contributed by atoms with Gasteiger partial charge >= 0.3 is 7.74 Å². The van der Waals surface area contributed by atoms with Crippen LogP contribution in [0.4, 0.5) is 11.6 Å². The molecule has 4 aromatic heterocycles. The summed E-state index contributed by atoms with van der Waals surface area (Å²) in [6.45, 7) is 14.2. The molecular weight excluding hydrogens is 1010 g/mol. The third-order valence-electron chi connectivity index (χ3n) is 11.8. The molecule has 2 aliphatic heterocycles. The Morgan fingerprint density at radius 2 is 1.24 bits per heavy atom. The molecule has 2 saturated heterocycles. The largest absolute Gasteiger partial charge is 0.376 e. The average Bonchev–Trinajstić information content (AvgIpc) is 4.22. The average molecular weight is 1060 g/mol. The molecule has 75 heavy (non-hydrogen) atoms. The van der Waals surface area contributed by atoms with Gasteiger partial charge in [-0.15, -0.1) is 4.15 Å². The first kappa shape index (κ1) is 52.9. The number of rotatable bonds is 22. The van der Waals surface area contributed by atoms with Crippen LogP contribution in [0.1, 0.15) is 79.3 Å². The highest BCUT2D eigenvalue weighted by molar-refractivity contribution is 7.92. The van der Waals surface area contributed by atoms with Crippen LogP contribution >= 0.6 is 7.74 Å². The van der Waals surface area contributed by atoms with Crippen molar-refractivity contribution in [1.29, 1.82) is 0 Å². The monoisotopic (exact) mass is 1060 g/mol. The van der Waals surface area contributed by atoms with Gasteiger partial charge in [0.15, 0.2) is 34.0 Å². The van der Waals surface area contributed by atoms with Crippen LogP contribution in [-0.2, 0) is 48.3 Å². The summed E-state index contributed by atoms with van der Waals surface area (Å²) in [7, 11) is -8.92. The van der Waals surface area contributed by atoms with Crippen LogP contribution in [0, 0.1) is 6.57 Å². The van der Waals surface area contributed by atoms with E-state index >= 15 is 0 Å². The molecule has 6 heterocycles. The zero-order valence-corrected chi connectivity index (χ0v) is 43.1. The molecule has 7 atom stereocenters. The number of hydrogen-bond donors (Lipinski definition) is 2. The van der Waals surface area contributed by atoms with Crippen molar-refractivity contribution in [3.8, 4) is 0 Å². The standard InChI is InChI=1S/C50H55N12O11PS/c1-32(2)67-25-39-38(24-42(71-39)62-31-57-44-46(53-29-55-48(44)62)59-50(64)36-19-13-8-14-20-36)73-74(68-22-21-51-5,60-75(65,66)27-34-15-9-6-10-16-34)69-26-40-37(70-33(3)4)23-41(72-40)61-30-56-43-45(52-28-54-47(43)61)58-49(63)35-17-11-7-12-18-35/h6-20,28-33,37-42H,21-27H2,1-4H3,(H,52,54,58,63)(H,53,55,59,64)/t37-,38-,39-,40-,41-,42-,74?/m1/s1. The first-order valence-electron chi connectivity index (χ1n) is 24.1. The summed E-state index contributed by atoms with van der Waals surface area (Å²) in [6, 6.07) is 25.9. The van der Waals surface area contributed by atoms with Crippen molar-refractivity contribution in [1.82, 2.24) is 39.0 Å². The van der Waals surface area contributed by atoms with Crippen LogP contribution in [0.15, 0.2) is 120 Å². The van der Waals surface area contributed by atoms with Gasteiger partial charge in [0.2, 0.25) is 6.54 Å². The van der Waals surface area contributed by atoms with Gasteiger partial charge in [0, 0.05) is 24.0 Å². The summed E-state index contributed by atoms with van der Waals surface area (Å²) in [5, 5.41) is 5.64. The zero-order chi connectivity index (χ0) is 52.5. The van der Waals surface area contributed by atoms with Crippen molar-refractivity contribution in [2.45, 2.75) is 95.4 Å². The van der Waals surface area contributed by atoms with Crippen LogP contribution < -0.4 is 10.6 Å². The fourth-order valence-corrected chi connectivity index (χ4v) is 12.5. The van der Waals surface area contributed by atoms with Gasteiger partial charge in [-0.3, -0.25) is 32.3 Å². The number of fused-ring (bicyclic) bond motifs is 2. The number of amides is 2. The quantitative estimate of drug-likeness (QED) is 0.0373.